The molecule has 0 bridgehead atoms. The Morgan fingerprint density at radius 3 is 1.90 bits per heavy atom. The summed E-state index contributed by atoms with van der Waals surface area (Å²) in [5.74, 6) is -1.20. The number of esters is 2. The molecule has 348 valence electrons. The molecular formula is C48H81NO11P+. The van der Waals surface area contributed by atoms with Crippen LogP contribution in [0.1, 0.15) is 123 Å². The predicted molar refractivity (Wildman–Crippen MR) is 246 cm³/mol. The van der Waals surface area contributed by atoms with E-state index in [0.29, 0.717) is 30.3 Å². The van der Waals surface area contributed by atoms with E-state index < -0.39 is 50.8 Å². The second-order valence-electron chi connectivity index (χ2n) is 15.9. The Morgan fingerprint density at radius 1 is 0.656 bits per heavy atom. The minimum absolute atomic E-state index is 0.0458. The SMILES string of the molecule is CC/C=C\C[C@H](O)/C=C/C=C/C=C\C=C/[C@@H](O)[C@H](O)CCCC(=O)O[C@H](COC(=O)CCC/C=C\C/C=C\C/C=C\CCCCCCCC)COP(=O)(O)OCC[N+](C)(C)C. The molecule has 0 aromatic rings. The number of aliphatic hydroxyl groups excluding tert-OH is 3. The van der Waals surface area contributed by atoms with E-state index in [1.807, 2.05) is 46.3 Å². The second-order valence-corrected chi connectivity index (χ2v) is 17.4. The number of carbonyl (C=O) groups is 2. The highest BCUT2D eigenvalue weighted by Gasteiger charge is 2.27. The number of hydrogen-bond acceptors (Lipinski definition) is 10. The molecule has 0 saturated heterocycles. The van der Waals surface area contributed by atoms with E-state index in [9.17, 15) is 34.4 Å². The highest BCUT2D eigenvalue weighted by molar-refractivity contribution is 7.47. The summed E-state index contributed by atoms with van der Waals surface area (Å²) in [6.45, 7) is 3.73. The highest BCUT2D eigenvalue weighted by Crippen LogP contribution is 2.43. The van der Waals surface area contributed by atoms with E-state index in [2.05, 4.69) is 37.3 Å². The van der Waals surface area contributed by atoms with Crippen LogP contribution < -0.4 is 0 Å². The molecule has 1 unspecified atom stereocenters. The standard InChI is InChI=1S/C48H80NO11P/c1-6-8-10-11-12-13-14-15-16-17-18-19-20-21-22-27-31-37-47(53)57-41-44(42-59-61(55,56)58-40-39-49(3,4)5)60-48(54)38-32-36-46(52)45(51)35-30-26-24-23-25-29-34-43(50)33-28-9-7-2/h9,15-16,18-19,21-26,28-30,34-35,43-46,50-52H,6-8,10-14,17,20,27,31-33,36-42H2,1-5H3/p+1/b16-15-,19-18-,22-21-,25-23+,26-24-,28-9-,34-29+,35-30-/t43-,44+,45+,46+/m0/s1. The van der Waals surface area contributed by atoms with Crippen molar-refractivity contribution in [1.29, 1.82) is 0 Å². The van der Waals surface area contributed by atoms with Crippen molar-refractivity contribution >= 4 is 19.8 Å². The molecule has 0 fully saturated rings. The van der Waals surface area contributed by atoms with Gasteiger partial charge < -0.3 is 34.2 Å². The Labute approximate surface area is 368 Å². The van der Waals surface area contributed by atoms with E-state index in [4.69, 9.17) is 18.5 Å². The predicted octanol–water partition coefficient (Wildman–Crippen LogP) is 9.49. The molecule has 0 heterocycles. The number of ether oxygens (including phenoxy) is 2. The molecule has 0 aromatic carbocycles. The number of phosphoric ester groups is 1. The van der Waals surface area contributed by atoms with E-state index >= 15 is 0 Å². The third-order valence-corrected chi connectivity index (χ3v) is 9.93. The Bertz CT molecular complexity index is 1410. The monoisotopic (exact) mass is 879 g/mol. The number of rotatable bonds is 38. The lowest BCUT2D eigenvalue weighted by Crippen LogP contribution is -2.37. The third kappa shape index (κ3) is 40.6. The van der Waals surface area contributed by atoms with E-state index in [-0.39, 0.29) is 38.9 Å². The Kier molecular flexibility index (Phi) is 36.5. The molecule has 4 N–H and O–H groups in total. The molecule has 0 rings (SSSR count). The maximum atomic E-state index is 12.7. The van der Waals surface area contributed by atoms with E-state index in [0.717, 1.165) is 25.7 Å². The molecule has 0 radical (unpaired) electrons. The Balaban J connectivity index is 4.79. The van der Waals surface area contributed by atoms with Crippen molar-refractivity contribution in [2.75, 3.05) is 47.5 Å². The number of nitrogens with zero attached hydrogens (tertiary/aromatic N) is 1. The molecule has 61 heavy (non-hydrogen) atoms. The highest BCUT2D eigenvalue weighted by atomic mass is 31.2. The zero-order chi connectivity index (χ0) is 45.5. The van der Waals surface area contributed by atoms with Crippen LogP contribution in [0.25, 0.3) is 0 Å². The molecule has 0 aromatic heterocycles. The first-order chi connectivity index (χ1) is 29.2. The number of phosphoric acid groups is 1. The van der Waals surface area contributed by atoms with Crippen molar-refractivity contribution in [2.45, 2.75) is 147 Å². The molecule has 0 aliphatic carbocycles. The average molecular weight is 879 g/mol. The molecule has 5 atom stereocenters. The van der Waals surface area contributed by atoms with E-state index in [1.165, 1.54) is 44.6 Å². The molecule has 0 saturated carbocycles. The maximum Gasteiger partial charge on any atom is 0.472 e. The summed E-state index contributed by atoms with van der Waals surface area (Å²) in [6, 6.07) is 0. The van der Waals surface area contributed by atoms with Gasteiger partial charge in [-0.05, 0) is 64.2 Å². The van der Waals surface area contributed by atoms with Crippen LogP contribution in [0.15, 0.2) is 97.2 Å². The molecule has 0 aliphatic rings. The summed E-state index contributed by atoms with van der Waals surface area (Å²) >= 11 is 0. The van der Waals surface area contributed by atoms with Crippen LogP contribution in [-0.4, -0.2) is 109 Å². The van der Waals surface area contributed by atoms with Gasteiger partial charge in [0.1, 0.15) is 19.8 Å². The number of allylic oxidation sites excluding steroid dienone is 13. The summed E-state index contributed by atoms with van der Waals surface area (Å²) in [6.07, 6.45) is 39.9. The number of hydrogen-bond donors (Lipinski definition) is 4. The van der Waals surface area contributed by atoms with Gasteiger partial charge in [-0.2, -0.15) is 0 Å². The number of carbonyl (C=O) groups excluding carboxylic acids is 2. The van der Waals surface area contributed by atoms with E-state index in [1.54, 1.807) is 42.5 Å². The van der Waals surface area contributed by atoms with Gasteiger partial charge in [-0.25, -0.2) is 4.57 Å². The maximum absolute atomic E-state index is 12.7. The zero-order valence-corrected chi connectivity index (χ0v) is 38.8. The van der Waals surface area contributed by atoms with Gasteiger partial charge in [-0.3, -0.25) is 18.6 Å². The van der Waals surface area contributed by atoms with Gasteiger partial charge in [0.15, 0.2) is 6.10 Å². The van der Waals surface area contributed by atoms with Crippen molar-refractivity contribution in [3.05, 3.63) is 97.2 Å². The van der Waals surface area contributed by atoms with Crippen LogP contribution in [0, 0.1) is 0 Å². The molecule has 12 nitrogen and oxygen atoms in total. The minimum Gasteiger partial charge on any atom is -0.462 e. The fourth-order valence-electron chi connectivity index (χ4n) is 5.31. The largest absolute Gasteiger partial charge is 0.472 e. The first kappa shape index (κ1) is 57.8. The number of aliphatic hydroxyl groups is 3. The van der Waals surface area contributed by atoms with Crippen molar-refractivity contribution in [1.82, 2.24) is 0 Å². The lowest BCUT2D eigenvalue weighted by atomic mass is 10.1. The van der Waals surface area contributed by atoms with Crippen LogP contribution in [-0.2, 0) is 32.7 Å². The smallest absolute Gasteiger partial charge is 0.462 e. The number of unbranched alkanes of at least 4 members (excludes halogenated alkanes) is 7. The first-order valence-corrected chi connectivity index (χ1v) is 23.8. The van der Waals surface area contributed by atoms with Crippen LogP contribution in [0.4, 0.5) is 0 Å². The van der Waals surface area contributed by atoms with Gasteiger partial charge >= 0.3 is 19.8 Å². The zero-order valence-electron chi connectivity index (χ0n) is 37.9. The minimum atomic E-state index is -4.49. The lowest BCUT2D eigenvalue weighted by Gasteiger charge is -2.24. The van der Waals surface area contributed by atoms with Crippen molar-refractivity contribution in [3.63, 3.8) is 0 Å². The fraction of sp³-hybridized carbons (Fsp3) is 0.625. The summed E-state index contributed by atoms with van der Waals surface area (Å²) < 4.78 is 33.9. The van der Waals surface area contributed by atoms with Crippen molar-refractivity contribution in [2.24, 2.45) is 0 Å². The van der Waals surface area contributed by atoms with Gasteiger partial charge in [0.05, 0.1) is 46.1 Å². The van der Waals surface area contributed by atoms with Gasteiger partial charge in [-0.1, -0.05) is 143 Å². The first-order valence-electron chi connectivity index (χ1n) is 22.3. The van der Waals surface area contributed by atoms with Crippen molar-refractivity contribution in [3.8, 4) is 0 Å². The van der Waals surface area contributed by atoms with Gasteiger partial charge in [0, 0.05) is 12.8 Å². The molecule has 13 heteroatoms. The summed E-state index contributed by atoms with van der Waals surface area (Å²) in [4.78, 5) is 35.4. The second kappa shape index (κ2) is 38.5. The Morgan fingerprint density at radius 2 is 1.25 bits per heavy atom. The molecule has 0 aliphatic heterocycles. The van der Waals surface area contributed by atoms with Gasteiger partial charge in [0.25, 0.3) is 0 Å². The number of quaternary nitrogens is 1. The topological polar surface area (TPSA) is 169 Å². The van der Waals surface area contributed by atoms with Crippen LogP contribution in [0.5, 0.6) is 0 Å². The van der Waals surface area contributed by atoms with Crippen LogP contribution in [0.3, 0.4) is 0 Å². The molecule has 0 amide bonds. The summed E-state index contributed by atoms with van der Waals surface area (Å²) in [5, 5.41) is 30.5. The van der Waals surface area contributed by atoms with Crippen LogP contribution >= 0.6 is 7.82 Å². The average Bonchev–Trinajstić information content (AvgIpc) is 3.20. The van der Waals surface area contributed by atoms with Gasteiger partial charge in [0.2, 0.25) is 0 Å². The lowest BCUT2D eigenvalue weighted by molar-refractivity contribution is -0.870. The Hall–Kier alpha value is -3.19. The molecule has 0 spiro atoms. The molecular weight excluding hydrogens is 797 g/mol. The summed E-state index contributed by atoms with van der Waals surface area (Å²) in [7, 11) is 1.21. The van der Waals surface area contributed by atoms with Gasteiger partial charge in [-0.15, -0.1) is 0 Å². The fourth-order valence-corrected chi connectivity index (χ4v) is 6.05. The van der Waals surface area contributed by atoms with Crippen LogP contribution in [0.2, 0.25) is 0 Å². The normalized spacial score (nSPS) is 16.0. The quantitative estimate of drug-likeness (QED) is 0.0116. The summed E-state index contributed by atoms with van der Waals surface area (Å²) in [5.41, 5.74) is 0. The van der Waals surface area contributed by atoms with Crippen molar-refractivity contribution < 1.29 is 57.4 Å². The number of likely N-dealkylation sites (N-methyl/N-ethyl adjacent to an activating group) is 1. The third-order valence-electron chi connectivity index (χ3n) is 8.94.